The first-order chi connectivity index (χ1) is 18.1. The van der Waals surface area contributed by atoms with Crippen molar-refractivity contribution in [2.45, 2.75) is 12.6 Å². The van der Waals surface area contributed by atoms with Gasteiger partial charge in [-0.1, -0.05) is 0 Å². The average molecular weight is 504 g/mol. The monoisotopic (exact) mass is 503 g/mol. The van der Waals surface area contributed by atoms with E-state index >= 15 is 0 Å². The van der Waals surface area contributed by atoms with Crippen LogP contribution in [0.2, 0.25) is 0 Å². The first kappa shape index (κ1) is 24.5. The van der Waals surface area contributed by atoms with Crippen LogP contribution in [0, 0.1) is 11.3 Å². The summed E-state index contributed by atoms with van der Waals surface area (Å²) in [7, 11) is 0. The molecule has 0 aromatic carbocycles. The highest BCUT2D eigenvalue weighted by Gasteiger charge is 2.24. The van der Waals surface area contributed by atoms with Crippen LogP contribution in [0.15, 0.2) is 42.7 Å². The van der Waals surface area contributed by atoms with Crippen molar-refractivity contribution in [3.8, 4) is 17.5 Å². The Labute approximate surface area is 213 Å². The molecular formula is C25H26FN9O2. The number of halogens is 1. The van der Waals surface area contributed by atoms with Gasteiger partial charge in [0, 0.05) is 32.4 Å². The highest BCUT2D eigenvalue weighted by atomic mass is 19.1. The smallest absolute Gasteiger partial charge is 0.239 e. The van der Waals surface area contributed by atoms with E-state index < -0.39 is 6.17 Å². The Balaban J connectivity index is 1.23. The number of nitrogens with one attached hydrogen (secondary N) is 2. The third-order valence-electron chi connectivity index (χ3n) is 6.13. The van der Waals surface area contributed by atoms with Crippen LogP contribution in [0.4, 0.5) is 27.5 Å². The van der Waals surface area contributed by atoms with Crippen molar-refractivity contribution in [3.05, 3.63) is 48.4 Å². The van der Waals surface area contributed by atoms with Crippen molar-refractivity contribution in [2.75, 3.05) is 61.5 Å². The van der Waals surface area contributed by atoms with Crippen molar-refractivity contribution in [1.29, 1.82) is 5.26 Å². The number of anilines is 4. The van der Waals surface area contributed by atoms with E-state index in [1.165, 1.54) is 0 Å². The number of aromatic nitrogens is 4. The second kappa shape index (κ2) is 11.2. The molecule has 2 aliphatic heterocycles. The standard InChI is InChI=1S/C25H26FN9O2/c26-17-6-8-35(15-17)22-3-2-19(31-21(22)13-27)20-5-7-28-25(32-20)30-18-1-4-23(29-14-18)33-24(36)16-34-9-11-37-12-10-34/h1-5,7,14,17H,6,8-12,15-16H2,(H,28,30,32)(H,29,33,36)/t17-/m0/s1. The zero-order valence-corrected chi connectivity index (χ0v) is 20.1. The predicted octanol–water partition coefficient (Wildman–Crippen LogP) is 2.37. The van der Waals surface area contributed by atoms with Crippen LogP contribution < -0.4 is 15.5 Å². The Kier molecular flexibility index (Phi) is 7.43. The summed E-state index contributed by atoms with van der Waals surface area (Å²) in [5.74, 6) is 0.645. The Morgan fingerprint density at radius 3 is 2.68 bits per heavy atom. The molecule has 2 saturated heterocycles. The van der Waals surface area contributed by atoms with Crippen LogP contribution in [0.5, 0.6) is 0 Å². The van der Waals surface area contributed by atoms with Gasteiger partial charge in [-0.2, -0.15) is 5.26 Å². The molecule has 1 amide bonds. The fourth-order valence-corrected chi connectivity index (χ4v) is 4.25. The Bertz CT molecular complexity index is 1290. The molecule has 0 spiro atoms. The molecule has 2 N–H and O–H groups in total. The molecule has 2 fully saturated rings. The van der Waals surface area contributed by atoms with Gasteiger partial charge in [0.25, 0.3) is 0 Å². The number of hydrogen-bond donors (Lipinski definition) is 2. The van der Waals surface area contributed by atoms with Gasteiger partial charge < -0.3 is 20.3 Å². The van der Waals surface area contributed by atoms with Gasteiger partial charge in [0.15, 0.2) is 5.69 Å². The molecule has 2 aliphatic rings. The number of carbonyl (C=O) groups is 1. The minimum absolute atomic E-state index is 0.129. The number of pyridine rings is 2. The lowest BCUT2D eigenvalue weighted by atomic mass is 10.2. The Hall–Kier alpha value is -4.21. The molecule has 0 radical (unpaired) electrons. The zero-order valence-electron chi connectivity index (χ0n) is 20.1. The predicted molar refractivity (Wildman–Crippen MR) is 135 cm³/mol. The van der Waals surface area contributed by atoms with Gasteiger partial charge in [0.2, 0.25) is 11.9 Å². The number of carbonyl (C=O) groups excluding carboxylic acids is 1. The number of nitrogens with zero attached hydrogens (tertiary/aromatic N) is 7. The minimum Gasteiger partial charge on any atom is -0.379 e. The minimum atomic E-state index is -0.892. The summed E-state index contributed by atoms with van der Waals surface area (Å²) in [4.78, 5) is 33.6. The topological polar surface area (TPSA) is 132 Å². The van der Waals surface area contributed by atoms with Crippen molar-refractivity contribution in [3.63, 3.8) is 0 Å². The third-order valence-corrected chi connectivity index (χ3v) is 6.13. The van der Waals surface area contributed by atoms with Gasteiger partial charge in [-0.15, -0.1) is 0 Å². The summed E-state index contributed by atoms with van der Waals surface area (Å²) in [5.41, 5.74) is 2.54. The van der Waals surface area contributed by atoms with Crippen LogP contribution in [0.3, 0.4) is 0 Å². The summed E-state index contributed by atoms with van der Waals surface area (Å²) in [5, 5.41) is 15.5. The van der Waals surface area contributed by atoms with Crippen LogP contribution in [0.1, 0.15) is 12.1 Å². The van der Waals surface area contributed by atoms with E-state index in [0.717, 1.165) is 13.1 Å². The number of ether oxygens (including phenoxy) is 1. The van der Waals surface area contributed by atoms with E-state index in [0.29, 0.717) is 67.3 Å². The van der Waals surface area contributed by atoms with Crippen molar-refractivity contribution in [2.24, 2.45) is 0 Å². The fraction of sp³-hybridized carbons (Fsp3) is 0.360. The largest absolute Gasteiger partial charge is 0.379 e. The van der Waals surface area contributed by atoms with Crippen molar-refractivity contribution >= 4 is 29.0 Å². The molecular weight excluding hydrogens is 477 g/mol. The number of nitriles is 1. The summed E-state index contributed by atoms with van der Waals surface area (Å²) in [6, 6.07) is 10.8. The van der Waals surface area contributed by atoms with Crippen LogP contribution >= 0.6 is 0 Å². The lowest BCUT2D eigenvalue weighted by Gasteiger charge is -2.25. The number of rotatable bonds is 7. The van der Waals surface area contributed by atoms with Gasteiger partial charge in [-0.05, 0) is 36.8 Å². The molecule has 5 rings (SSSR count). The molecule has 37 heavy (non-hydrogen) atoms. The lowest BCUT2D eigenvalue weighted by molar-refractivity contribution is -0.118. The molecule has 0 bridgehead atoms. The van der Waals surface area contributed by atoms with Gasteiger partial charge in [-0.25, -0.2) is 24.3 Å². The van der Waals surface area contributed by atoms with E-state index in [1.54, 1.807) is 42.7 Å². The second-order valence-electron chi connectivity index (χ2n) is 8.77. The molecule has 0 aliphatic carbocycles. The molecule has 3 aromatic rings. The number of amides is 1. The molecule has 190 valence electrons. The summed E-state index contributed by atoms with van der Waals surface area (Å²) >= 11 is 0. The summed E-state index contributed by atoms with van der Waals surface area (Å²) in [6.45, 7) is 3.86. The molecule has 1 atom stereocenters. The summed E-state index contributed by atoms with van der Waals surface area (Å²) < 4.78 is 18.9. The fourth-order valence-electron chi connectivity index (χ4n) is 4.25. The quantitative estimate of drug-likeness (QED) is 0.495. The van der Waals surface area contributed by atoms with Gasteiger partial charge in [-0.3, -0.25) is 9.69 Å². The van der Waals surface area contributed by atoms with E-state index in [2.05, 4.69) is 36.6 Å². The van der Waals surface area contributed by atoms with Crippen LogP contribution in [-0.4, -0.2) is 82.9 Å². The van der Waals surface area contributed by atoms with Crippen molar-refractivity contribution < 1.29 is 13.9 Å². The second-order valence-corrected chi connectivity index (χ2v) is 8.77. The van der Waals surface area contributed by atoms with Crippen molar-refractivity contribution in [1.82, 2.24) is 24.8 Å². The molecule has 3 aromatic heterocycles. The first-order valence-corrected chi connectivity index (χ1v) is 12.0. The number of morpholine rings is 1. The normalized spacial score (nSPS) is 17.8. The van der Waals surface area contributed by atoms with E-state index in [-0.39, 0.29) is 18.1 Å². The SMILES string of the molecule is N#Cc1nc(-c2ccnc(Nc3ccc(NC(=O)CN4CCOCC4)nc3)n2)ccc1N1CC[C@H](F)C1. The Morgan fingerprint density at radius 1 is 1.11 bits per heavy atom. The number of alkyl halides is 1. The number of hydrogen-bond acceptors (Lipinski definition) is 10. The highest BCUT2D eigenvalue weighted by molar-refractivity contribution is 5.91. The van der Waals surface area contributed by atoms with Gasteiger partial charge >= 0.3 is 0 Å². The molecule has 5 heterocycles. The maximum absolute atomic E-state index is 13.6. The van der Waals surface area contributed by atoms with E-state index in [4.69, 9.17) is 4.74 Å². The zero-order chi connectivity index (χ0) is 25.6. The van der Waals surface area contributed by atoms with E-state index in [1.807, 2.05) is 9.80 Å². The summed E-state index contributed by atoms with van der Waals surface area (Å²) in [6.07, 6.45) is 2.73. The molecule has 0 saturated carbocycles. The first-order valence-electron chi connectivity index (χ1n) is 12.0. The van der Waals surface area contributed by atoms with E-state index in [9.17, 15) is 14.4 Å². The van der Waals surface area contributed by atoms with Crippen LogP contribution in [0.25, 0.3) is 11.4 Å². The maximum atomic E-state index is 13.6. The highest BCUT2D eigenvalue weighted by Crippen LogP contribution is 2.27. The van der Waals surface area contributed by atoms with Gasteiger partial charge in [0.1, 0.15) is 18.1 Å². The van der Waals surface area contributed by atoms with Crippen LogP contribution in [-0.2, 0) is 9.53 Å². The Morgan fingerprint density at radius 2 is 1.95 bits per heavy atom. The molecule has 11 nitrogen and oxygen atoms in total. The third kappa shape index (κ3) is 6.14. The lowest BCUT2D eigenvalue weighted by Crippen LogP contribution is -2.41. The molecule has 12 heteroatoms. The maximum Gasteiger partial charge on any atom is 0.239 e. The molecule has 0 unspecified atom stereocenters. The van der Waals surface area contributed by atoms with Gasteiger partial charge in [0.05, 0.1) is 48.7 Å². The average Bonchev–Trinajstić information content (AvgIpc) is 3.36.